The summed E-state index contributed by atoms with van der Waals surface area (Å²) in [7, 11) is 0. The molecule has 6 nitrogen and oxygen atoms in total. The van der Waals surface area contributed by atoms with Crippen molar-refractivity contribution in [2.45, 2.75) is 44.6 Å². The number of rotatable bonds is 6. The molecule has 6 heteroatoms. The zero-order chi connectivity index (χ0) is 14.9. The summed E-state index contributed by atoms with van der Waals surface area (Å²) >= 11 is 0. The van der Waals surface area contributed by atoms with Crippen molar-refractivity contribution < 1.29 is 9.84 Å². The van der Waals surface area contributed by atoms with Gasteiger partial charge in [-0.3, -0.25) is 0 Å². The summed E-state index contributed by atoms with van der Waals surface area (Å²) < 4.78 is 5.28. The van der Waals surface area contributed by atoms with Crippen LogP contribution in [0.25, 0.3) is 0 Å². The maximum absolute atomic E-state index is 10.4. The van der Waals surface area contributed by atoms with E-state index in [0.717, 1.165) is 29.6 Å². The van der Waals surface area contributed by atoms with Crippen LogP contribution in [0.1, 0.15) is 43.5 Å². The number of nitrogens with one attached hydrogen (secondary N) is 2. The van der Waals surface area contributed by atoms with Gasteiger partial charge < -0.3 is 20.5 Å². The first kappa shape index (κ1) is 14.5. The molecule has 2 heterocycles. The number of hydrogen-bond acceptors (Lipinski definition) is 6. The third-order valence-electron chi connectivity index (χ3n) is 4.12. The number of ether oxygens (including phenoxy) is 1. The van der Waals surface area contributed by atoms with Crippen molar-refractivity contribution in [2.24, 2.45) is 0 Å². The van der Waals surface area contributed by atoms with Crippen LogP contribution in [0.3, 0.4) is 0 Å². The van der Waals surface area contributed by atoms with Gasteiger partial charge in [0.25, 0.3) is 0 Å². The Kier molecular flexibility index (Phi) is 3.99. The molecule has 0 amide bonds. The Labute approximate surface area is 125 Å². The first-order chi connectivity index (χ1) is 10.1. The fourth-order valence-electron chi connectivity index (χ4n) is 2.55. The summed E-state index contributed by atoms with van der Waals surface area (Å²) in [5, 5.41) is 17.0. The van der Waals surface area contributed by atoms with E-state index in [4.69, 9.17) is 4.74 Å². The fourth-order valence-corrected chi connectivity index (χ4v) is 2.55. The van der Waals surface area contributed by atoms with Crippen LogP contribution in [-0.4, -0.2) is 47.0 Å². The van der Waals surface area contributed by atoms with Crippen LogP contribution in [0.2, 0.25) is 0 Å². The minimum atomic E-state index is -0.782. The number of nitrogens with zero attached hydrogens (tertiary/aromatic N) is 2. The molecule has 0 spiro atoms. The molecule has 1 aromatic heterocycles. The first-order valence-corrected chi connectivity index (χ1v) is 7.78. The molecule has 0 bridgehead atoms. The monoisotopic (exact) mass is 292 g/mol. The minimum absolute atomic E-state index is 0.389. The Bertz CT molecular complexity index is 511. The van der Waals surface area contributed by atoms with Crippen molar-refractivity contribution in [1.82, 2.24) is 9.97 Å². The number of anilines is 2. The molecule has 1 aromatic rings. The van der Waals surface area contributed by atoms with Crippen molar-refractivity contribution >= 4 is 11.6 Å². The van der Waals surface area contributed by atoms with Crippen LogP contribution >= 0.6 is 0 Å². The second-order valence-electron chi connectivity index (χ2n) is 6.09. The maximum atomic E-state index is 10.4. The molecule has 116 valence electrons. The standard InChI is InChI=1S/C15H24N4O2/c1-3-16-12-10(2)13(19-14(18-12)11-4-5-11)17-8-15(20)6-7-21-9-15/h11,20H,3-9H2,1-2H3,(H2,16,17,18,19). The summed E-state index contributed by atoms with van der Waals surface area (Å²) in [5.74, 6) is 3.13. The van der Waals surface area contributed by atoms with Crippen molar-refractivity contribution in [2.75, 3.05) is 36.9 Å². The molecule has 1 unspecified atom stereocenters. The van der Waals surface area contributed by atoms with Gasteiger partial charge in [0, 0.05) is 37.6 Å². The number of aliphatic hydroxyl groups is 1. The van der Waals surface area contributed by atoms with Crippen molar-refractivity contribution in [3.05, 3.63) is 11.4 Å². The largest absolute Gasteiger partial charge is 0.386 e. The lowest BCUT2D eigenvalue weighted by Gasteiger charge is -2.22. The third kappa shape index (κ3) is 3.27. The fraction of sp³-hybridized carbons (Fsp3) is 0.733. The van der Waals surface area contributed by atoms with Crippen LogP contribution in [0.15, 0.2) is 0 Å². The van der Waals surface area contributed by atoms with E-state index in [0.29, 0.717) is 32.1 Å². The predicted octanol–water partition coefficient (Wildman–Crippen LogP) is 1.66. The highest BCUT2D eigenvalue weighted by Gasteiger charge is 2.33. The average Bonchev–Trinajstić information content (AvgIpc) is 3.23. The summed E-state index contributed by atoms with van der Waals surface area (Å²) in [4.78, 5) is 9.29. The number of hydrogen-bond donors (Lipinski definition) is 3. The molecular formula is C15H24N4O2. The Morgan fingerprint density at radius 3 is 2.57 bits per heavy atom. The number of aromatic nitrogens is 2. The summed E-state index contributed by atoms with van der Waals surface area (Å²) in [6.45, 7) is 6.37. The van der Waals surface area contributed by atoms with Gasteiger partial charge in [-0.15, -0.1) is 0 Å². The van der Waals surface area contributed by atoms with Gasteiger partial charge in [-0.2, -0.15) is 0 Å². The molecule has 2 fully saturated rings. The van der Waals surface area contributed by atoms with Crippen molar-refractivity contribution in [1.29, 1.82) is 0 Å². The predicted molar refractivity (Wildman–Crippen MR) is 81.8 cm³/mol. The van der Waals surface area contributed by atoms with Gasteiger partial charge in [0.15, 0.2) is 0 Å². The van der Waals surface area contributed by atoms with E-state index in [1.165, 1.54) is 12.8 Å². The van der Waals surface area contributed by atoms with Crippen LogP contribution in [0, 0.1) is 6.92 Å². The van der Waals surface area contributed by atoms with E-state index in [9.17, 15) is 5.11 Å². The highest BCUT2D eigenvalue weighted by Crippen LogP contribution is 2.39. The Morgan fingerprint density at radius 1 is 1.29 bits per heavy atom. The Hall–Kier alpha value is -1.40. The lowest BCUT2D eigenvalue weighted by molar-refractivity contribution is 0.0381. The van der Waals surface area contributed by atoms with E-state index in [1.807, 2.05) is 6.92 Å². The van der Waals surface area contributed by atoms with Gasteiger partial charge in [-0.05, 0) is 26.7 Å². The molecule has 3 N–H and O–H groups in total. The molecule has 1 aliphatic heterocycles. The van der Waals surface area contributed by atoms with E-state index in [1.54, 1.807) is 0 Å². The molecule has 21 heavy (non-hydrogen) atoms. The normalized spacial score (nSPS) is 25.1. The van der Waals surface area contributed by atoms with Gasteiger partial charge in [-0.1, -0.05) is 0 Å². The molecule has 2 aliphatic rings. The van der Waals surface area contributed by atoms with Gasteiger partial charge in [0.2, 0.25) is 0 Å². The summed E-state index contributed by atoms with van der Waals surface area (Å²) in [6, 6.07) is 0. The van der Waals surface area contributed by atoms with E-state index < -0.39 is 5.60 Å². The quantitative estimate of drug-likeness (QED) is 0.740. The Balaban J connectivity index is 1.78. The maximum Gasteiger partial charge on any atom is 0.136 e. The highest BCUT2D eigenvalue weighted by molar-refractivity contribution is 5.57. The van der Waals surface area contributed by atoms with Crippen molar-refractivity contribution in [3.8, 4) is 0 Å². The zero-order valence-corrected chi connectivity index (χ0v) is 12.8. The molecule has 1 atom stereocenters. The molecular weight excluding hydrogens is 268 g/mol. The lowest BCUT2D eigenvalue weighted by atomic mass is 10.0. The molecule has 1 saturated heterocycles. The molecule has 0 aromatic carbocycles. The minimum Gasteiger partial charge on any atom is -0.386 e. The first-order valence-electron chi connectivity index (χ1n) is 7.78. The van der Waals surface area contributed by atoms with E-state index in [2.05, 4.69) is 27.5 Å². The van der Waals surface area contributed by atoms with Gasteiger partial charge >= 0.3 is 0 Å². The lowest BCUT2D eigenvalue weighted by Crippen LogP contribution is -2.37. The van der Waals surface area contributed by atoms with Gasteiger partial charge in [0.05, 0.1) is 6.61 Å². The van der Waals surface area contributed by atoms with Gasteiger partial charge in [-0.25, -0.2) is 9.97 Å². The second-order valence-corrected chi connectivity index (χ2v) is 6.09. The van der Waals surface area contributed by atoms with Crippen LogP contribution in [0.5, 0.6) is 0 Å². The average molecular weight is 292 g/mol. The second kappa shape index (κ2) is 5.77. The van der Waals surface area contributed by atoms with Gasteiger partial charge in [0.1, 0.15) is 23.1 Å². The smallest absolute Gasteiger partial charge is 0.136 e. The highest BCUT2D eigenvalue weighted by atomic mass is 16.5. The Morgan fingerprint density at radius 2 is 2.00 bits per heavy atom. The topological polar surface area (TPSA) is 79.3 Å². The van der Waals surface area contributed by atoms with Crippen LogP contribution in [-0.2, 0) is 4.74 Å². The molecule has 3 rings (SSSR count). The van der Waals surface area contributed by atoms with Crippen LogP contribution < -0.4 is 10.6 Å². The molecule has 0 radical (unpaired) electrons. The SMILES string of the molecule is CCNc1nc(C2CC2)nc(NCC2(O)CCOC2)c1C. The van der Waals surface area contributed by atoms with Crippen LogP contribution in [0.4, 0.5) is 11.6 Å². The summed E-state index contributed by atoms with van der Waals surface area (Å²) in [6.07, 6.45) is 3.01. The molecule has 1 aliphatic carbocycles. The van der Waals surface area contributed by atoms with Crippen molar-refractivity contribution in [3.63, 3.8) is 0 Å². The summed E-state index contributed by atoms with van der Waals surface area (Å²) in [5.41, 5.74) is 0.221. The zero-order valence-electron chi connectivity index (χ0n) is 12.8. The van der Waals surface area contributed by atoms with E-state index >= 15 is 0 Å². The third-order valence-corrected chi connectivity index (χ3v) is 4.12. The molecule has 1 saturated carbocycles. The van der Waals surface area contributed by atoms with E-state index in [-0.39, 0.29) is 0 Å².